The van der Waals surface area contributed by atoms with Crippen molar-refractivity contribution in [1.29, 1.82) is 0 Å². The second kappa shape index (κ2) is 13.6. The summed E-state index contributed by atoms with van der Waals surface area (Å²) in [5.74, 6) is 1.76. The van der Waals surface area contributed by atoms with Gasteiger partial charge in [0.2, 0.25) is 11.1 Å². The van der Waals surface area contributed by atoms with Crippen LogP contribution in [0.3, 0.4) is 0 Å². The summed E-state index contributed by atoms with van der Waals surface area (Å²) in [6, 6.07) is 18.3. The van der Waals surface area contributed by atoms with Gasteiger partial charge in [0.15, 0.2) is 6.10 Å². The van der Waals surface area contributed by atoms with Crippen LogP contribution in [0.4, 0.5) is 0 Å². The molecule has 3 aliphatic rings. The number of hydrogen-bond donors (Lipinski definition) is 1. The summed E-state index contributed by atoms with van der Waals surface area (Å²) in [6.07, 6.45) is -0.425. The number of rotatable bonds is 10. The molecule has 43 heavy (non-hydrogen) atoms. The molecule has 10 nitrogen and oxygen atoms in total. The summed E-state index contributed by atoms with van der Waals surface area (Å²) in [7, 11) is 1.74. The van der Waals surface area contributed by atoms with Crippen molar-refractivity contribution in [3.05, 3.63) is 93.4 Å². The predicted octanol–water partition coefficient (Wildman–Crippen LogP) is 4.00. The molecule has 1 fully saturated rings. The number of nitrogens with zero attached hydrogens (tertiary/aromatic N) is 5. The number of fused-ring (bicyclic) bond motifs is 1. The third-order valence-electron chi connectivity index (χ3n) is 6.98. The molecule has 0 aliphatic carbocycles. The number of carbonyl (C=O) groups excluding carboxylic acids is 3. The van der Waals surface area contributed by atoms with Crippen molar-refractivity contribution in [1.82, 2.24) is 30.4 Å². The van der Waals surface area contributed by atoms with E-state index >= 15 is 0 Å². The average molecular weight is 653 g/mol. The number of aryl methyl sites for hydroxylation is 1. The number of nitrogens with one attached hydrogen (secondary N) is 1. The third kappa shape index (κ3) is 6.66. The molecule has 0 bridgehead atoms. The van der Waals surface area contributed by atoms with Gasteiger partial charge in [-0.15, -0.1) is 40.4 Å². The highest BCUT2D eigenvalue weighted by Crippen LogP contribution is 2.43. The van der Waals surface area contributed by atoms with E-state index < -0.39 is 23.5 Å². The minimum Gasteiger partial charge on any atom is -0.448 e. The summed E-state index contributed by atoms with van der Waals surface area (Å²) in [5.41, 5.74) is 2.61. The molecule has 222 valence electrons. The Bertz CT molecular complexity index is 1530. The van der Waals surface area contributed by atoms with Gasteiger partial charge in [-0.3, -0.25) is 14.5 Å². The maximum Gasteiger partial charge on any atom is 0.356 e. The van der Waals surface area contributed by atoms with Gasteiger partial charge in [0, 0.05) is 35.0 Å². The van der Waals surface area contributed by atoms with Crippen molar-refractivity contribution in [2.75, 3.05) is 23.0 Å². The van der Waals surface area contributed by atoms with E-state index in [1.54, 1.807) is 35.3 Å². The smallest absolute Gasteiger partial charge is 0.356 e. The van der Waals surface area contributed by atoms with Gasteiger partial charge in [0.25, 0.3) is 5.91 Å². The van der Waals surface area contributed by atoms with Crippen molar-refractivity contribution in [2.45, 2.75) is 29.1 Å². The summed E-state index contributed by atoms with van der Waals surface area (Å²) < 4.78 is 7.77. The van der Waals surface area contributed by atoms with E-state index in [0.29, 0.717) is 16.7 Å². The molecule has 6 rings (SSSR count). The van der Waals surface area contributed by atoms with E-state index in [-0.39, 0.29) is 23.9 Å². The Labute approximate surface area is 265 Å². The molecule has 1 aromatic heterocycles. The molecule has 3 aliphatic heterocycles. The first-order valence-corrected chi connectivity index (χ1v) is 17.6. The molecule has 2 aromatic carbocycles. The van der Waals surface area contributed by atoms with Crippen LogP contribution in [0.15, 0.2) is 87.4 Å². The van der Waals surface area contributed by atoms with Crippen molar-refractivity contribution in [3.8, 4) is 0 Å². The second-order valence-corrected chi connectivity index (χ2v) is 14.1. The molecule has 2 unspecified atom stereocenters. The van der Waals surface area contributed by atoms with Crippen LogP contribution in [0.5, 0.6) is 0 Å². The lowest BCUT2D eigenvalue weighted by Crippen LogP contribution is -2.70. The lowest BCUT2D eigenvalue weighted by Gasteiger charge is -2.50. The minimum atomic E-state index is -0.710. The van der Waals surface area contributed by atoms with Gasteiger partial charge in [0.1, 0.15) is 17.1 Å². The number of tetrazole rings is 1. The number of amides is 2. The van der Waals surface area contributed by atoms with Gasteiger partial charge in [0.05, 0.1) is 6.42 Å². The van der Waals surface area contributed by atoms with Crippen molar-refractivity contribution in [2.24, 2.45) is 7.05 Å². The number of thioether (sulfide) groups is 4. The number of carbonyl (C=O) groups is 3. The van der Waals surface area contributed by atoms with E-state index in [2.05, 4.69) is 20.8 Å². The molecule has 14 heteroatoms. The summed E-state index contributed by atoms with van der Waals surface area (Å²) in [5, 5.41) is 16.7. The SMILES string of the molecule is Cn1nnnc1SCC1=C(C(=O)OC(c2ccccc2)c2ccccc2)N2C(=O)C(NC(=O)CC3=CSCCS3)C2SC1. The van der Waals surface area contributed by atoms with Crippen LogP contribution in [0.2, 0.25) is 0 Å². The van der Waals surface area contributed by atoms with Crippen molar-refractivity contribution >= 4 is 64.8 Å². The second-order valence-electron chi connectivity index (χ2n) is 9.87. The molecular formula is C29H28N6O4S4. The van der Waals surface area contributed by atoms with Crippen LogP contribution < -0.4 is 5.32 Å². The molecule has 1 saturated heterocycles. The minimum absolute atomic E-state index is 0.197. The van der Waals surface area contributed by atoms with E-state index in [9.17, 15) is 14.4 Å². The Morgan fingerprint density at radius 3 is 2.44 bits per heavy atom. The van der Waals surface area contributed by atoms with Gasteiger partial charge >= 0.3 is 5.97 Å². The molecule has 3 aromatic rings. The zero-order valence-electron chi connectivity index (χ0n) is 23.1. The molecule has 0 spiro atoms. The molecule has 0 saturated carbocycles. The summed E-state index contributed by atoms with van der Waals surface area (Å²) >= 11 is 6.27. The van der Waals surface area contributed by atoms with Crippen LogP contribution in [0.1, 0.15) is 23.7 Å². The largest absolute Gasteiger partial charge is 0.448 e. The lowest BCUT2D eigenvalue weighted by molar-refractivity contribution is -0.154. The fourth-order valence-electron chi connectivity index (χ4n) is 4.91. The van der Waals surface area contributed by atoms with Crippen LogP contribution in [-0.2, 0) is 26.2 Å². The average Bonchev–Trinajstić information content (AvgIpc) is 3.46. The molecule has 2 amide bonds. The monoisotopic (exact) mass is 652 g/mol. The normalized spacial score (nSPS) is 19.9. The van der Waals surface area contributed by atoms with Gasteiger partial charge < -0.3 is 10.1 Å². The Kier molecular flexibility index (Phi) is 9.46. The van der Waals surface area contributed by atoms with Crippen LogP contribution in [0.25, 0.3) is 0 Å². The fraction of sp³-hybridized carbons (Fsp3) is 0.310. The van der Waals surface area contributed by atoms with E-state index in [4.69, 9.17) is 4.74 Å². The number of β-lactam (4-membered cyclic amide) rings is 1. The predicted molar refractivity (Wildman–Crippen MR) is 170 cm³/mol. The molecule has 0 radical (unpaired) electrons. The Balaban J connectivity index is 1.26. The maximum atomic E-state index is 14.1. The van der Waals surface area contributed by atoms with E-state index in [0.717, 1.165) is 33.1 Å². The molecule has 1 N–H and O–H groups in total. The number of hydrogen-bond acceptors (Lipinski definition) is 11. The first kappa shape index (κ1) is 29.9. The van der Waals surface area contributed by atoms with Crippen LogP contribution in [-0.4, -0.2) is 77.3 Å². The highest BCUT2D eigenvalue weighted by atomic mass is 32.2. The topological polar surface area (TPSA) is 119 Å². The maximum absolute atomic E-state index is 14.1. The number of ether oxygens (including phenoxy) is 1. The first-order chi connectivity index (χ1) is 21.0. The molecular weight excluding hydrogens is 625 g/mol. The molecule has 4 heterocycles. The summed E-state index contributed by atoms with van der Waals surface area (Å²) in [4.78, 5) is 43.0. The van der Waals surface area contributed by atoms with Crippen LogP contribution >= 0.6 is 47.0 Å². The van der Waals surface area contributed by atoms with Crippen molar-refractivity contribution in [3.63, 3.8) is 0 Å². The quantitative estimate of drug-likeness (QED) is 0.195. The number of esters is 1. The van der Waals surface area contributed by atoms with Gasteiger partial charge in [-0.05, 0) is 32.5 Å². The Hall–Kier alpha value is -3.20. The zero-order chi connectivity index (χ0) is 29.8. The highest BCUT2D eigenvalue weighted by Gasteiger charge is 2.54. The number of aromatic nitrogens is 4. The zero-order valence-corrected chi connectivity index (χ0v) is 26.4. The Morgan fingerprint density at radius 2 is 1.81 bits per heavy atom. The fourth-order valence-corrected chi connectivity index (χ4v) is 9.32. The van der Waals surface area contributed by atoms with E-state index in [1.807, 2.05) is 66.1 Å². The van der Waals surface area contributed by atoms with Gasteiger partial charge in [-0.1, -0.05) is 72.4 Å². The van der Waals surface area contributed by atoms with Gasteiger partial charge in [-0.25, -0.2) is 9.48 Å². The standard InChI is InChI=1S/C29H28N6O4S4/c1-34-29(31-32-33-34)43-16-20-15-42-27-23(30-22(36)14-21-17-40-12-13-41-21)26(37)35(27)24(20)28(38)39-25(18-8-4-2-5-9-18)19-10-6-3-7-11-19/h2-11,17,23,25,27H,12-16H2,1H3,(H,30,36). The van der Waals surface area contributed by atoms with Gasteiger partial charge in [-0.2, -0.15) is 0 Å². The third-order valence-corrected chi connectivity index (χ3v) is 11.8. The lowest BCUT2D eigenvalue weighted by atomic mass is 10.0. The Morgan fingerprint density at radius 1 is 1.09 bits per heavy atom. The first-order valence-electron chi connectivity index (χ1n) is 13.5. The molecule has 2 atom stereocenters. The summed E-state index contributed by atoms with van der Waals surface area (Å²) in [6.45, 7) is 0. The highest BCUT2D eigenvalue weighted by molar-refractivity contribution is 8.09. The van der Waals surface area contributed by atoms with Crippen molar-refractivity contribution < 1.29 is 19.1 Å². The van der Waals surface area contributed by atoms with Crippen LogP contribution in [0, 0.1) is 0 Å². The number of benzene rings is 2. The van der Waals surface area contributed by atoms with E-state index in [1.165, 1.54) is 28.4 Å².